The number of benzene rings is 2. The van der Waals surface area contributed by atoms with Gasteiger partial charge < -0.3 is 4.90 Å². The number of nitro benzene ring substituents is 2. The maximum atomic E-state index is 10.8. The molecule has 0 saturated carbocycles. The van der Waals surface area contributed by atoms with Gasteiger partial charge in [-0.1, -0.05) is 6.42 Å². The summed E-state index contributed by atoms with van der Waals surface area (Å²) in [6.45, 7) is 7.05. The molecule has 1 fully saturated rings. The molecular weight excluding hydrogens is 676 g/mol. The number of amidine groups is 1. The third-order valence-corrected chi connectivity index (χ3v) is 21.0. The van der Waals surface area contributed by atoms with Gasteiger partial charge in [0, 0.05) is 26.1 Å². The Hall–Kier alpha value is -1.83. The monoisotopic (exact) mass is 703 g/mol. The van der Waals surface area contributed by atoms with Crippen molar-refractivity contribution in [3.05, 3.63) is 67.8 Å². The SMILES string of the molecule is C1CCC2=NCCCN2CC1.Cc1cc([N+](=O)[O-])cc[c]1[Bi]([Cl])([Cl])[c]1ccc([N+](=O)[O-])cc1C. The average Bonchev–Trinajstić information content (AvgIpc) is 3.04. The van der Waals surface area contributed by atoms with E-state index in [4.69, 9.17) is 17.0 Å². The van der Waals surface area contributed by atoms with Crippen molar-refractivity contribution in [3.8, 4) is 0 Å². The van der Waals surface area contributed by atoms with Crippen LogP contribution in [0.2, 0.25) is 0 Å². The van der Waals surface area contributed by atoms with Gasteiger partial charge in [0.1, 0.15) is 0 Å². The van der Waals surface area contributed by atoms with Gasteiger partial charge in [-0.25, -0.2) is 0 Å². The molecule has 183 valence electrons. The molecule has 1 radical (unpaired) electrons. The van der Waals surface area contributed by atoms with Crippen LogP contribution in [0.4, 0.5) is 11.4 Å². The van der Waals surface area contributed by atoms with E-state index >= 15 is 0 Å². The maximum absolute atomic E-state index is 10.8. The number of non-ortho nitro benzene ring substituents is 2. The predicted molar refractivity (Wildman–Crippen MR) is 139 cm³/mol. The molecule has 2 aliphatic heterocycles. The molecule has 0 N–H and O–H groups in total. The van der Waals surface area contributed by atoms with Crippen molar-refractivity contribution in [2.45, 2.75) is 46.0 Å². The van der Waals surface area contributed by atoms with Crippen molar-refractivity contribution < 1.29 is 9.85 Å². The van der Waals surface area contributed by atoms with Gasteiger partial charge in [0.2, 0.25) is 0 Å². The third kappa shape index (κ3) is 6.43. The predicted octanol–water partition coefficient (Wildman–Crippen LogP) is 4.82. The molecule has 2 aromatic carbocycles. The first kappa shape index (κ1) is 26.8. The fourth-order valence-electron chi connectivity index (χ4n) is 4.21. The Balaban J connectivity index is 0.000000243. The number of nitrogens with zero attached hydrogens (tertiary/aromatic N) is 4. The van der Waals surface area contributed by atoms with Gasteiger partial charge in [-0.2, -0.15) is 0 Å². The van der Waals surface area contributed by atoms with E-state index < -0.39 is 27.7 Å². The Morgan fingerprint density at radius 2 is 1.38 bits per heavy atom. The van der Waals surface area contributed by atoms with Gasteiger partial charge in [0.25, 0.3) is 0 Å². The van der Waals surface area contributed by atoms with Gasteiger partial charge in [0.05, 0.1) is 5.84 Å². The Morgan fingerprint density at radius 3 is 1.88 bits per heavy atom. The zero-order valence-electron chi connectivity index (χ0n) is 19.2. The topological polar surface area (TPSA) is 102 Å². The Labute approximate surface area is 210 Å². The first-order valence-corrected chi connectivity index (χ1v) is 23.2. The minimum atomic E-state index is -4.09. The molecule has 4 rings (SSSR count). The number of rotatable bonds is 4. The Morgan fingerprint density at radius 1 is 0.853 bits per heavy atom. The number of aliphatic imine (C=N–C) groups is 1. The van der Waals surface area contributed by atoms with Gasteiger partial charge >= 0.3 is 144 Å². The van der Waals surface area contributed by atoms with E-state index in [1.165, 1.54) is 75.3 Å². The molecule has 8 nitrogen and oxygen atoms in total. The van der Waals surface area contributed by atoms with E-state index in [2.05, 4.69) is 9.89 Å². The summed E-state index contributed by atoms with van der Waals surface area (Å²) in [5.74, 6) is 1.40. The standard InChI is InChI=1S/C9H16N2.2C7H6NO2.Bi.2ClH/c1-2-5-9-10-6-4-8-11(9)7-3-1;2*1-6-3-2-4-7(5-6)8(9)10;;;/h1-8H2;2*2,4-5H,1H3;;2*1H/q;;;+2;;/p-2. The molecule has 2 heterocycles. The van der Waals surface area contributed by atoms with Crippen LogP contribution in [0.5, 0.6) is 0 Å². The first-order valence-electron chi connectivity index (χ1n) is 11.2. The molecule has 11 heteroatoms. The number of halogens is 2. The molecule has 0 bridgehead atoms. The van der Waals surface area contributed by atoms with E-state index in [0.717, 1.165) is 6.54 Å². The van der Waals surface area contributed by atoms with Crippen LogP contribution in [-0.4, -0.2) is 58.1 Å². The van der Waals surface area contributed by atoms with E-state index in [9.17, 15) is 20.2 Å². The number of hydrogen-bond acceptors (Lipinski definition) is 6. The minimum absolute atomic E-state index is 0.0250. The molecule has 0 spiro atoms. The third-order valence-electron chi connectivity index (χ3n) is 5.96. The summed E-state index contributed by atoms with van der Waals surface area (Å²) in [6, 6.07) is 8.81. The van der Waals surface area contributed by atoms with E-state index in [1.807, 2.05) is 0 Å². The van der Waals surface area contributed by atoms with E-state index in [-0.39, 0.29) is 11.4 Å². The second-order valence-corrected chi connectivity index (χ2v) is 26.6. The van der Waals surface area contributed by atoms with Crippen LogP contribution in [0.1, 0.15) is 43.2 Å². The van der Waals surface area contributed by atoms with Gasteiger partial charge in [0.15, 0.2) is 0 Å². The van der Waals surface area contributed by atoms with Crippen LogP contribution in [0.3, 0.4) is 0 Å². The molecular formula is C23H28BiCl2N4O4. The summed E-state index contributed by atoms with van der Waals surface area (Å²) in [7, 11) is 13.4. The molecule has 2 aromatic rings. The van der Waals surface area contributed by atoms with Crippen LogP contribution >= 0.6 is 17.0 Å². The first-order chi connectivity index (χ1) is 16.1. The summed E-state index contributed by atoms with van der Waals surface area (Å²) >= 11 is -4.09. The van der Waals surface area contributed by atoms with Crippen molar-refractivity contribution in [1.29, 1.82) is 0 Å². The average molecular weight is 704 g/mol. The van der Waals surface area contributed by atoms with Gasteiger partial charge in [-0.15, -0.1) is 0 Å². The van der Waals surface area contributed by atoms with Crippen LogP contribution < -0.4 is 6.54 Å². The fourth-order valence-corrected chi connectivity index (χ4v) is 17.9. The molecule has 2 aliphatic rings. The summed E-state index contributed by atoms with van der Waals surface area (Å²) in [5.41, 5.74) is 1.26. The van der Waals surface area contributed by atoms with Crippen molar-refractivity contribution in [1.82, 2.24) is 4.90 Å². The quantitative estimate of drug-likeness (QED) is 0.258. The zero-order valence-corrected chi connectivity index (χ0v) is 24.2. The van der Waals surface area contributed by atoms with Crippen molar-refractivity contribution in [2.24, 2.45) is 4.99 Å². The molecule has 0 aliphatic carbocycles. The number of nitro groups is 2. The molecule has 0 atom stereocenters. The zero-order chi connectivity index (χ0) is 24.9. The normalized spacial score (nSPS) is 15.9. The fraction of sp³-hybridized carbons (Fsp3) is 0.435. The van der Waals surface area contributed by atoms with Crippen molar-refractivity contribution in [3.63, 3.8) is 0 Å². The molecule has 34 heavy (non-hydrogen) atoms. The Bertz CT molecular complexity index is 1040. The van der Waals surface area contributed by atoms with E-state index in [0.29, 0.717) is 17.7 Å². The summed E-state index contributed by atoms with van der Waals surface area (Å²) < 4.78 is 1.41. The van der Waals surface area contributed by atoms with Gasteiger partial charge in [-0.3, -0.25) is 4.99 Å². The van der Waals surface area contributed by atoms with Crippen LogP contribution in [0, 0.1) is 34.1 Å². The van der Waals surface area contributed by atoms with Crippen LogP contribution in [-0.2, 0) is 0 Å². The number of aryl methyl sites for hydroxylation is 2. The molecule has 1 saturated heterocycles. The van der Waals surface area contributed by atoms with Crippen molar-refractivity contribution >= 4 is 58.7 Å². The van der Waals surface area contributed by atoms with E-state index in [1.54, 1.807) is 26.0 Å². The summed E-state index contributed by atoms with van der Waals surface area (Å²) in [6.07, 6.45) is 6.63. The summed E-state index contributed by atoms with van der Waals surface area (Å²) in [5, 5.41) is 21.7. The molecule has 0 amide bonds. The molecule has 0 aromatic heterocycles. The number of hydrogen-bond donors (Lipinski definition) is 0. The molecule has 0 unspecified atom stereocenters. The van der Waals surface area contributed by atoms with Crippen LogP contribution in [0.15, 0.2) is 41.4 Å². The van der Waals surface area contributed by atoms with Crippen molar-refractivity contribution in [2.75, 3.05) is 19.6 Å². The summed E-state index contributed by atoms with van der Waals surface area (Å²) in [4.78, 5) is 27.7. The van der Waals surface area contributed by atoms with Gasteiger partial charge in [-0.05, 0) is 19.3 Å². The number of fused-ring (bicyclic) bond motifs is 1. The second-order valence-electron chi connectivity index (χ2n) is 8.42. The Kier molecular flexibility index (Phi) is 9.24. The van der Waals surface area contributed by atoms with Crippen LogP contribution in [0.25, 0.3) is 0 Å². The second kappa shape index (κ2) is 11.7.